The molecule has 3 nitrogen and oxygen atoms in total. The van der Waals surface area contributed by atoms with E-state index in [0.717, 1.165) is 22.2 Å². The van der Waals surface area contributed by atoms with Crippen molar-refractivity contribution in [2.45, 2.75) is 18.1 Å². The molecule has 136 valence electrons. The van der Waals surface area contributed by atoms with E-state index in [4.69, 9.17) is 9.47 Å². The zero-order valence-corrected chi connectivity index (χ0v) is 17.1. The van der Waals surface area contributed by atoms with Gasteiger partial charge in [-0.3, -0.25) is 0 Å². The Kier molecular flexibility index (Phi) is 6.10. The van der Waals surface area contributed by atoms with Crippen LogP contribution in [0.1, 0.15) is 18.1 Å². The third-order valence-corrected chi connectivity index (χ3v) is 4.54. The van der Waals surface area contributed by atoms with Gasteiger partial charge in [0.05, 0.1) is 34.4 Å². The number of halogens is 1. The van der Waals surface area contributed by atoms with Gasteiger partial charge in [-0.25, -0.2) is 0 Å². The quantitative estimate of drug-likeness (QED) is 0.687. The summed E-state index contributed by atoms with van der Waals surface area (Å²) in [7, 11) is 6.56. The monoisotopic (exact) mass is 405 g/mol. The molecule has 0 aromatic heterocycles. The maximum atomic E-state index is 6.56. The first kappa shape index (κ1) is 20.1. The summed E-state index contributed by atoms with van der Waals surface area (Å²) in [6.45, 7) is 4.16. The molecule has 0 saturated carbocycles. The number of nitrogens with zero attached hydrogens (tertiary/aromatic N) is 1. The number of hydrogen-bond acceptors (Lipinski definition) is 2. The Morgan fingerprint density at radius 2 is 1.28 bits per heavy atom. The zero-order chi connectivity index (χ0) is 17.3. The molecule has 0 radical (unpaired) electrons. The smallest absolute Gasteiger partial charge is 0.141 e. The molecule has 2 aromatic carbocycles. The van der Waals surface area contributed by atoms with Crippen LogP contribution < -0.4 is 17.0 Å². The molecule has 0 N–H and O–H groups in total. The van der Waals surface area contributed by atoms with Gasteiger partial charge in [0.1, 0.15) is 17.7 Å². The number of rotatable bonds is 4. The van der Waals surface area contributed by atoms with Crippen LogP contribution in [-0.4, -0.2) is 51.0 Å². The Hall–Kier alpha value is -1.20. The van der Waals surface area contributed by atoms with E-state index in [-0.39, 0.29) is 22.6 Å². The van der Waals surface area contributed by atoms with Crippen LogP contribution in [0.4, 0.5) is 0 Å². The van der Waals surface area contributed by atoms with Crippen molar-refractivity contribution in [2.75, 3.05) is 40.9 Å². The number of hydrogen-bond donors (Lipinski definition) is 0. The SMILES string of the molecule is CC1(C[N+](C)(C)C)COC(c2ccccc2)(c2ccccc2)CO1.[Br-]. The Labute approximate surface area is 161 Å². The fourth-order valence-electron chi connectivity index (χ4n) is 3.64. The summed E-state index contributed by atoms with van der Waals surface area (Å²) < 4.78 is 13.8. The van der Waals surface area contributed by atoms with E-state index < -0.39 is 5.60 Å². The van der Waals surface area contributed by atoms with Gasteiger partial charge in [0.25, 0.3) is 0 Å². The van der Waals surface area contributed by atoms with E-state index in [1.54, 1.807) is 0 Å². The first-order chi connectivity index (χ1) is 11.3. The molecule has 0 bridgehead atoms. The predicted molar refractivity (Wildman–Crippen MR) is 96.9 cm³/mol. The molecular formula is C21H28BrNO2. The molecule has 1 saturated heterocycles. The highest BCUT2D eigenvalue weighted by atomic mass is 79.9. The van der Waals surface area contributed by atoms with Crippen LogP contribution in [0.15, 0.2) is 60.7 Å². The summed E-state index contributed by atoms with van der Waals surface area (Å²) >= 11 is 0. The highest BCUT2D eigenvalue weighted by molar-refractivity contribution is 5.37. The molecule has 4 heteroatoms. The van der Waals surface area contributed by atoms with E-state index in [9.17, 15) is 0 Å². The summed E-state index contributed by atoms with van der Waals surface area (Å²) in [6.07, 6.45) is 0. The third kappa shape index (κ3) is 4.50. The predicted octanol–water partition coefficient (Wildman–Crippen LogP) is 0.446. The minimum Gasteiger partial charge on any atom is -1.00 e. The lowest BCUT2D eigenvalue weighted by Crippen LogP contribution is -3.00. The molecule has 1 aliphatic heterocycles. The van der Waals surface area contributed by atoms with Gasteiger partial charge in [0.2, 0.25) is 0 Å². The van der Waals surface area contributed by atoms with Crippen LogP contribution >= 0.6 is 0 Å². The molecule has 1 heterocycles. The van der Waals surface area contributed by atoms with Crippen LogP contribution in [0, 0.1) is 0 Å². The Bertz CT molecular complexity index is 618. The maximum Gasteiger partial charge on any atom is 0.141 e. The largest absolute Gasteiger partial charge is 1.00 e. The van der Waals surface area contributed by atoms with Gasteiger partial charge < -0.3 is 30.9 Å². The second kappa shape index (κ2) is 7.58. The van der Waals surface area contributed by atoms with Gasteiger partial charge in [0, 0.05) is 0 Å². The Balaban J connectivity index is 0.00000225. The second-order valence-corrected chi connectivity index (χ2v) is 8.03. The van der Waals surface area contributed by atoms with Crippen molar-refractivity contribution in [3.05, 3.63) is 71.8 Å². The van der Waals surface area contributed by atoms with E-state index in [1.807, 2.05) is 12.1 Å². The number of quaternary nitrogens is 1. The minimum absolute atomic E-state index is 0. The van der Waals surface area contributed by atoms with Gasteiger partial charge in [-0.1, -0.05) is 60.7 Å². The van der Waals surface area contributed by atoms with Crippen LogP contribution in [0.5, 0.6) is 0 Å². The Morgan fingerprint density at radius 1 is 0.800 bits per heavy atom. The second-order valence-electron chi connectivity index (χ2n) is 8.03. The minimum atomic E-state index is -0.535. The summed E-state index contributed by atoms with van der Waals surface area (Å²) in [4.78, 5) is 0. The standard InChI is InChI=1S/C21H28NO2.BrH/c1-20(15-22(2,3)4)16-24-21(17-23-20,18-11-7-5-8-12-18)19-13-9-6-10-14-19;/h5-14H,15-17H2,1-4H3;1H/q+1;/p-1. The number of likely N-dealkylation sites (N-methyl/N-ethyl adjacent to an activating group) is 1. The summed E-state index contributed by atoms with van der Waals surface area (Å²) in [5.74, 6) is 0. The van der Waals surface area contributed by atoms with Crippen molar-refractivity contribution in [2.24, 2.45) is 0 Å². The van der Waals surface area contributed by atoms with Crippen LogP contribution in [-0.2, 0) is 15.1 Å². The van der Waals surface area contributed by atoms with Crippen molar-refractivity contribution in [3.63, 3.8) is 0 Å². The van der Waals surface area contributed by atoms with Crippen LogP contribution in [0.3, 0.4) is 0 Å². The van der Waals surface area contributed by atoms with Crippen molar-refractivity contribution in [1.29, 1.82) is 0 Å². The van der Waals surface area contributed by atoms with Gasteiger partial charge in [0.15, 0.2) is 0 Å². The highest BCUT2D eigenvalue weighted by Gasteiger charge is 2.46. The zero-order valence-electron chi connectivity index (χ0n) is 15.5. The van der Waals surface area contributed by atoms with Crippen molar-refractivity contribution >= 4 is 0 Å². The maximum absolute atomic E-state index is 6.56. The molecule has 3 rings (SSSR count). The molecular weight excluding hydrogens is 378 g/mol. The molecule has 1 aliphatic rings. The lowest BCUT2D eigenvalue weighted by molar-refractivity contribution is -0.877. The van der Waals surface area contributed by atoms with Gasteiger partial charge >= 0.3 is 0 Å². The lowest BCUT2D eigenvalue weighted by atomic mass is 9.85. The average molecular weight is 406 g/mol. The molecule has 2 aromatic rings. The normalized spacial score (nSPS) is 22.9. The molecule has 1 unspecified atom stereocenters. The van der Waals surface area contributed by atoms with E-state index >= 15 is 0 Å². The van der Waals surface area contributed by atoms with E-state index in [1.165, 1.54) is 0 Å². The van der Waals surface area contributed by atoms with E-state index in [0.29, 0.717) is 13.2 Å². The van der Waals surface area contributed by atoms with Gasteiger partial charge in [-0.2, -0.15) is 0 Å². The molecule has 1 fully saturated rings. The van der Waals surface area contributed by atoms with Crippen molar-refractivity contribution in [3.8, 4) is 0 Å². The van der Waals surface area contributed by atoms with Gasteiger partial charge in [-0.05, 0) is 18.1 Å². The molecule has 0 spiro atoms. The fraction of sp³-hybridized carbons (Fsp3) is 0.429. The molecule has 25 heavy (non-hydrogen) atoms. The van der Waals surface area contributed by atoms with Crippen LogP contribution in [0.25, 0.3) is 0 Å². The topological polar surface area (TPSA) is 18.5 Å². The summed E-state index contributed by atoms with van der Waals surface area (Å²) in [6, 6.07) is 20.8. The number of benzene rings is 2. The average Bonchev–Trinajstić information content (AvgIpc) is 2.56. The summed E-state index contributed by atoms with van der Waals surface area (Å²) in [5.41, 5.74) is 1.48. The first-order valence-electron chi connectivity index (χ1n) is 8.53. The Morgan fingerprint density at radius 3 is 1.64 bits per heavy atom. The summed E-state index contributed by atoms with van der Waals surface area (Å²) in [5, 5.41) is 0. The van der Waals surface area contributed by atoms with E-state index in [2.05, 4.69) is 76.6 Å². The van der Waals surface area contributed by atoms with Crippen LogP contribution in [0.2, 0.25) is 0 Å². The first-order valence-corrected chi connectivity index (χ1v) is 8.53. The number of ether oxygens (including phenoxy) is 2. The fourth-order valence-corrected chi connectivity index (χ4v) is 3.64. The molecule has 1 atom stereocenters. The van der Waals surface area contributed by atoms with Crippen molar-refractivity contribution < 1.29 is 30.9 Å². The van der Waals surface area contributed by atoms with Gasteiger partial charge in [-0.15, -0.1) is 0 Å². The highest BCUT2D eigenvalue weighted by Crippen LogP contribution is 2.39. The lowest BCUT2D eigenvalue weighted by Gasteiger charge is -2.47. The van der Waals surface area contributed by atoms with Crippen molar-refractivity contribution in [1.82, 2.24) is 0 Å². The third-order valence-electron chi connectivity index (χ3n) is 4.54. The molecule has 0 aliphatic carbocycles. The molecule has 0 amide bonds.